The highest BCUT2D eigenvalue weighted by molar-refractivity contribution is 8.03. The summed E-state index contributed by atoms with van der Waals surface area (Å²) in [6.07, 6.45) is 1.16. The highest BCUT2D eigenvalue weighted by Crippen LogP contribution is 2.24. The van der Waals surface area contributed by atoms with Crippen molar-refractivity contribution in [3.05, 3.63) is 21.3 Å². The summed E-state index contributed by atoms with van der Waals surface area (Å²) in [6, 6.07) is 0. The summed E-state index contributed by atoms with van der Waals surface area (Å²) in [5, 5.41) is 19.4. The molecule has 0 saturated carbocycles. The van der Waals surface area contributed by atoms with Gasteiger partial charge in [-0.2, -0.15) is 0 Å². The summed E-state index contributed by atoms with van der Waals surface area (Å²) < 4.78 is 5.24. The van der Waals surface area contributed by atoms with E-state index in [1.165, 1.54) is 6.20 Å². The van der Waals surface area contributed by atoms with Crippen molar-refractivity contribution >= 4 is 11.8 Å². The Morgan fingerprint density at radius 3 is 3.21 bits per heavy atom. The first-order valence-corrected chi connectivity index (χ1v) is 5.02. The van der Waals surface area contributed by atoms with Crippen molar-refractivity contribution in [1.82, 2.24) is 16.0 Å². The lowest BCUT2D eigenvalue weighted by molar-refractivity contribution is -0.410. The predicted molar refractivity (Wildman–Crippen MR) is 50.5 cm³/mol. The quantitative estimate of drug-likeness (QED) is 0.421. The zero-order valence-electron chi connectivity index (χ0n) is 7.23. The van der Waals surface area contributed by atoms with Gasteiger partial charge in [0.2, 0.25) is 0 Å². The first-order chi connectivity index (χ1) is 6.75. The minimum absolute atomic E-state index is 0.112. The molecular weight excluding hydrogens is 208 g/mol. The van der Waals surface area contributed by atoms with Crippen LogP contribution < -0.4 is 16.0 Å². The summed E-state index contributed by atoms with van der Waals surface area (Å²) in [5.74, 6) is 0. The molecule has 2 rings (SSSR count). The van der Waals surface area contributed by atoms with E-state index >= 15 is 0 Å². The highest BCUT2D eigenvalue weighted by atomic mass is 32.2. The zero-order chi connectivity index (χ0) is 9.97. The lowest BCUT2D eigenvalue weighted by Gasteiger charge is -2.16. The zero-order valence-corrected chi connectivity index (χ0v) is 8.04. The number of nitrogens with zero attached hydrogens (tertiary/aromatic N) is 1. The molecule has 2 atom stereocenters. The van der Waals surface area contributed by atoms with E-state index in [4.69, 9.17) is 4.74 Å². The van der Waals surface area contributed by atoms with Gasteiger partial charge in [-0.3, -0.25) is 15.4 Å². The summed E-state index contributed by atoms with van der Waals surface area (Å²) in [5.41, 5.74) is -0.203. The fourth-order valence-electron chi connectivity index (χ4n) is 1.18. The van der Waals surface area contributed by atoms with Gasteiger partial charge < -0.3 is 10.1 Å². The van der Waals surface area contributed by atoms with Crippen molar-refractivity contribution in [3.63, 3.8) is 0 Å². The SMILES string of the molecule is O=[N+]([O-])C1=CNC(NC2NCCO2)S1. The maximum Gasteiger partial charge on any atom is 0.322 e. The Balaban J connectivity index is 1.77. The van der Waals surface area contributed by atoms with Crippen molar-refractivity contribution in [2.45, 2.75) is 11.8 Å². The minimum atomic E-state index is -0.414. The fourth-order valence-corrected chi connectivity index (χ4v) is 1.98. The van der Waals surface area contributed by atoms with Crippen LogP contribution >= 0.6 is 11.8 Å². The lowest BCUT2D eigenvalue weighted by Crippen LogP contribution is -2.47. The standard InChI is InChI=1S/C6H10N4O3S/c11-10(12)4-3-8-6(14-4)9-5-7-1-2-13-5/h3,5-9H,1-2H2. The van der Waals surface area contributed by atoms with E-state index in [1.54, 1.807) is 0 Å². The average Bonchev–Trinajstić information content (AvgIpc) is 2.75. The smallest absolute Gasteiger partial charge is 0.322 e. The molecule has 0 aromatic rings. The normalized spacial score (nSPS) is 31.3. The molecule has 8 heteroatoms. The van der Waals surface area contributed by atoms with Gasteiger partial charge in [0.15, 0.2) is 6.35 Å². The van der Waals surface area contributed by atoms with Crippen LogP contribution in [0.3, 0.4) is 0 Å². The monoisotopic (exact) mass is 218 g/mol. The van der Waals surface area contributed by atoms with Crippen LogP contribution in [0.25, 0.3) is 0 Å². The van der Waals surface area contributed by atoms with E-state index in [1.807, 2.05) is 0 Å². The van der Waals surface area contributed by atoms with Gasteiger partial charge in [-0.15, -0.1) is 0 Å². The van der Waals surface area contributed by atoms with E-state index < -0.39 is 4.92 Å². The molecule has 1 saturated heterocycles. The van der Waals surface area contributed by atoms with Gasteiger partial charge in [-0.25, -0.2) is 5.32 Å². The van der Waals surface area contributed by atoms with Crippen LogP contribution in [0.5, 0.6) is 0 Å². The van der Waals surface area contributed by atoms with Gasteiger partial charge in [0, 0.05) is 6.54 Å². The predicted octanol–water partition coefficient (Wildman–Crippen LogP) is -0.825. The van der Waals surface area contributed by atoms with Crippen molar-refractivity contribution < 1.29 is 9.66 Å². The summed E-state index contributed by atoms with van der Waals surface area (Å²) >= 11 is 1.13. The number of rotatable bonds is 3. The number of hydrogen-bond acceptors (Lipinski definition) is 7. The first-order valence-electron chi connectivity index (χ1n) is 4.14. The number of ether oxygens (including phenoxy) is 1. The Morgan fingerprint density at radius 1 is 1.79 bits per heavy atom. The van der Waals surface area contributed by atoms with Crippen LogP contribution in [0.1, 0.15) is 0 Å². The Morgan fingerprint density at radius 2 is 2.64 bits per heavy atom. The third-order valence-corrected chi connectivity index (χ3v) is 2.81. The van der Waals surface area contributed by atoms with E-state index in [-0.39, 0.29) is 16.9 Å². The molecule has 3 N–H and O–H groups in total. The third-order valence-electron chi connectivity index (χ3n) is 1.80. The van der Waals surface area contributed by atoms with Gasteiger partial charge in [-0.1, -0.05) is 0 Å². The highest BCUT2D eigenvalue weighted by Gasteiger charge is 2.28. The Kier molecular flexibility index (Phi) is 2.87. The molecule has 2 aliphatic heterocycles. The fraction of sp³-hybridized carbons (Fsp3) is 0.667. The van der Waals surface area contributed by atoms with Crippen molar-refractivity contribution in [1.29, 1.82) is 0 Å². The lowest BCUT2D eigenvalue weighted by atomic mass is 10.7. The number of nitro groups is 1. The molecule has 0 spiro atoms. The van der Waals surface area contributed by atoms with Crippen LogP contribution in [0, 0.1) is 10.1 Å². The van der Waals surface area contributed by atoms with E-state index in [0.29, 0.717) is 6.61 Å². The third kappa shape index (κ3) is 2.15. The second-order valence-electron chi connectivity index (χ2n) is 2.78. The van der Waals surface area contributed by atoms with Crippen LogP contribution in [0.4, 0.5) is 0 Å². The van der Waals surface area contributed by atoms with Gasteiger partial charge in [0.05, 0.1) is 17.7 Å². The van der Waals surface area contributed by atoms with Gasteiger partial charge in [0.1, 0.15) is 5.50 Å². The minimum Gasteiger partial charge on any atom is -0.361 e. The Labute approximate surface area is 84.4 Å². The summed E-state index contributed by atoms with van der Waals surface area (Å²) in [6.45, 7) is 1.45. The Bertz CT molecular complexity index is 266. The second kappa shape index (κ2) is 4.13. The molecule has 0 radical (unpaired) electrons. The van der Waals surface area contributed by atoms with E-state index in [0.717, 1.165) is 18.3 Å². The van der Waals surface area contributed by atoms with Crippen LogP contribution in [0.2, 0.25) is 0 Å². The number of nitrogens with one attached hydrogen (secondary N) is 3. The van der Waals surface area contributed by atoms with Crippen molar-refractivity contribution in [2.75, 3.05) is 13.2 Å². The molecule has 7 nitrogen and oxygen atoms in total. The molecule has 14 heavy (non-hydrogen) atoms. The Hall–Kier alpha value is -0.830. The first kappa shape index (κ1) is 9.71. The summed E-state index contributed by atoms with van der Waals surface area (Å²) in [7, 11) is 0. The van der Waals surface area contributed by atoms with Gasteiger partial charge in [0.25, 0.3) is 0 Å². The maximum atomic E-state index is 10.4. The molecule has 78 valence electrons. The second-order valence-corrected chi connectivity index (χ2v) is 3.90. The topological polar surface area (TPSA) is 88.5 Å². The van der Waals surface area contributed by atoms with Crippen molar-refractivity contribution in [3.8, 4) is 0 Å². The summed E-state index contributed by atoms with van der Waals surface area (Å²) in [4.78, 5) is 9.97. The molecule has 2 unspecified atom stereocenters. The maximum absolute atomic E-state index is 10.4. The van der Waals surface area contributed by atoms with Crippen LogP contribution in [-0.2, 0) is 4.74 Å². The molecule has 0 bridgehead atoms. The molecule has 0 aliphatic carbocycles. The largest absolute Gasteiger partial charge is 0.361 e. The molecule has 0 aromatic carbocycles. The molecule has 0 aromatic heterocycles. The molecule has 0 amide bonds. The van der Waals surface area contributed by atoms with E-state index in [9.17, 15) is 10.1 Å². The van der Waals surface area contributed by atoms with Crippen LogP contribution in [0.15, 0.2) is 11.2 Å². The number of thioether (sulfide) groups is 1. The van der Waals surface area contributed by atoms with Gasteiger partial charge in [-0.05, 0) is 11.8 Å². The molecular formula is C6H10N4O3S. The van der Waals surface area contributed by atoms with Gasteiger partial charge >= 0.3 is 5.03 Å². The molecule has 2 heterocycles. The molecule has 1 fully saturated rings. The van der Waals surface area contributed by atoms with Crippen molar-refractivity contribution in [2.24, 2.45) is 0 Å². The average molecular weight is 218 g/mol. The number of hydrogen-bond donors (Lipinski definition) is 3. The molecule has 2 aliphatic rings. The van der Waals surface area contributed by atoms with Crippen LogP contribution in [-0.4, -0.2) is 29.9 Å². The van der Waals surface area contributed by atoms with E-state index in [2.05, 4.69) is 16.0 Å².